The zero-order valence-corrected chi connectivity index (χ0v) is 10.5. The lowest BCUT2D eigenvalue weighted by Gasteiger charge is -2.26. The van der Waals surface area contributed by atoms with Gasteiger partial charge in [0.15, 0.2) is 17.6 Å². The normalized spacial score (nSPS) is 16.1. The van der Waals surface area contributed by atoms with Crippen molar-refractivity contribution < 1.29 is 23.9 Å². The first-order valence-electron chi connectivity index (χ1n) is 5.66. The zero-order chi connectivity index (χ0) is 14.7. The molecule has 1 atom stereocenters. The summed E-state index contributed by atoms with van der Waals surface area (Å²) < 4.78 is 15.6. The average Bonchev–Trinajstić information content (AvgIpc) is 2.43. The van der Waals surface area contributed by atoms with Crippen molar-refractivity contribution in [3.63, 3.8) is 0 Å². The van der Waals surface area contributed by atoms with Crippen molar-refractivity contribution in [1.29, 1.82) is 5.26 Å². The van der Waals surface area contributed by atoms with E-state index in [9.17, 15) is 14.9 Å². The molecule has 2 rings (SSSR count). The molecule has 0 bridgehead atoms. The molecule has 1 aliphatic heterocycles. The van der Waals surface area contributed by atoms with Gasteiger partial charge in [0.2, 0.25) is 0 Å². The third-order valence-corrected chi connectivity index (χ3v) is 2.57. The maximum absolute atomic E-state index is 10.8. The SMILES string of the molecule is CC(=O)OC[C@H]1COc2cc([N+](=O)[O-])c(C#N)cc2O1. The molecule has 1 heterocycles. The molecule has 0 radical (unpaired) electrons. The summed E-state index contributed by atoms with van der Waals surface area (Å²) in [6.07, 6.45) is -0.514. The monoisotopic (exact) mass is 278 g/mol. The predicted octanol–water partition coefficient (Wildman–Crippen LogP) is 1.17. The lowest BCUT2D eigenvalue weighted by molar-refractivity contribution is -0.385. The molecular formula is C12H10N2O6. The fourth-order valence-electron chi connectivity index (χ4n) is 1.68. The van der Waals surface area contributed by atoms with Crippen molar-refractivity contribution in [2.24, 2.45) is 0 Å². The number of esters is 1. The van der Waals surface area contributed by atoms with E-state index in [1.807, 2.05) is 0 Å². The highest BCUT2D eigenvalue weighted by Gasteiger charge is 2.27. The molecule has 0 fully saturated rings. The van der Waals surface area contributed by atoms with E-state index in [4.69, 9.17) is 19.5 Å². The maximum atomic E-state index is 10.8. The van der Waals surface area contributed by atoms with Crippen molar-refractivity contribution in [1.82, 2.24) is 0 Å². The molecule has 8 heteroatoms. The van der Waals surface area contributed by atoms with Crippen LogP contribution in [0, 0.1) is 21.4 Å². The van der Waals surface area contributed by atoms with E-state index in [0.29, 0.717) is 0 Å². The fraction of sp³-hybridized carbons (Fsp3) is 0.333. The van der Waals surface area contributed by atoms with Gasteiger partial charge in [0, 0.05) is 13.0 Å². The summed E-state index contributed by atoms with van der Waals surface area (Å²) in [5.41, 5.74) is -0.459. The van der Waals surface area contributed by atoms with E-state index in [0.717, 1.165) is 6.07 Å². The molecule has 0 aliphatic carbocycles. The average molecular weight is 278 g/mol. The molecule has 0 saturated heterocycles. The molecular weight excluding hydrogens is 268 g/mol. The Bertz CT molecular complexity index is 607. The number of hydrogen-bond acceptors (Lipinski definition) is 7. The fourth-order valence-corrected chi connectivity index (χ4v) is 1.68. The second kappa shape index (κ2) is 5.44. The molecule has 8 nitrogen and oxygen atoms in total. The molecule has 0 spiro atoms. The number of carbonyl (C=O) groups is 1. The highest BCUT2D eigenvalue weighted by Crippen LogP contribution is 2.37. The molecule has 0 aromatic heterocycles. The van der Waals surface area contributed by atoms with Gasteiger partial charge in [0.05, 0.1) is 11.0 Å². The van der Waals surface area contributed by atoms with Crippen LogP contribution in [0.15, 0.2) is 12.1 Å². The summed E-state index contributed by atoms with van der Waals surface area (Å²) >= 11 is 0. The molecule has 0 amide bonds. The second-order valence-electron chi connectivity index (χ2n) is 4.04. The van der Waals surface area contributed by atoms with Crippen LogP contribution in [0.3, 0.4) is 0 Å². The van der Waals surface area contributed by atoms with E-state index in [1.165, 1.54) is 13.0 Å². The maximum Gasteiger partial charge on any atom is 0.302 e. The Hall–Kier alpha value is -2.82. The van der Waals surface area contributed by atoms with Crippen molar-refractivity contribution in [3.8, 4) is 17.6 Å². The van der Waals surface area contributed by atoms with Crippen LogP contribution in [0.2, 0.25) is 0 Å². The van der Waals surface area contributed by atoms with Gasteiger partial charge in [-0.05, 0) is 0 Å². The van der Waals surface area contributed by atoms with Gasteiger partial charge < -0.3 is 14.2 Å². The third-order valence-electron chi connectivity index (χ3n) is 2.57. The number of ether oxygens (including phenoxy) is 3. The molecule has 1 aromatic rings. The molecule has 0 N–H and O–H groups in total. The second-order valence-corrected chi connectivity index (χ2v) is 4.04. The van der Waals surface area contributed by atoms with E-state index >= 15 is 0 Å². The Morgan fingerprint density at radius 3 is 2.95 bits per heavy atom. The Morgan fingerprint density at radius 2 is 2.35 bits per heavy atom. The summed E-state index contributed by atoms with van der Waals surface area (Å²) in [6.45, 7) is 1.38. The Kier molecular flexibility index (Phi) is 3.70. The summed E-state index contributed by atoms with van der Waals surface area (Å²) in [5.74, 6) is -0.0360. The first kappa shape index (κ1) is 13.6. The quantitative estimate of drug-likeness (QED) is 0.463. The van der Waals surface area contributed by atoms with Crippen molar-refractivity contribution >= 4 is 11.7 Å². The van der Waals surface area contributed by atoms with E-state index in [2.05, 4.69) is 0 Å². The van der Waals surface area contributed by atoms with Gasteiger partial charge in [0.1, 0.15) is 24.8 Å². The van der Waals surface area contributed by atoms with Gasteiger partial charge in [-0.25, -0.2) is 0 Å². The molecule has 0 saturated carbocycles. The van der Waals surface area contributed by atoms with Crippen LogP contribution in [0.4, 0.5) is 5.69 Å². The van der Waals surface area contributed by atoms with Crippen LogP contribution in [0.5, 0.6) is 11.5 Å². The van der Waals surface area contributed by atoms with Gasteiger partial charge in [-0.15, -0.1) is 0 Å². The van der Waals surface area contributed by atoms with Crippen molar-refractivity contribution in [3.05, 3.63) is 27.8 Å². The molecule has 0 unspecified atom stereocenters. The first-order valence-corrected chi connectivity index (χ1v) is 5.66. The zero-order valence-electron chi connectivity index (χ0n) is 10.5. The lowest BCUT2D eigenvalue weighted by Crippen LogP contribution is -2.34. The predicted molar refractivity (Wildman–Crippen MR) is 64.4 cm³/mol. The number of nitro groups is 1. The standard InChI is InChI=1S/C12H10N2O6/c1-7(15)18-5-9-6-19-11-3-10(14(16)17)8(4-13)2-12(11)20-9/h2-3,9H,5-6H2,1H3/t9-/m0/s1. The largest absolute Gasteiger partial charge is 0.485 e. The number of hydrogen-bond donors (Lipinski definition) is 0. The van der Waals surface area contributed by atoms with Crippen LogP contribution < -0.4 is 9.47 Å². The summed E-state index contributed by atoms with van der Waals surface area (Å²) in [7, 11) is 0. The van der Waals surface area contributed by atoms with Gasteiger partial charge in [-0.1, -0.05) is 0 Å². The highest BCUT2D eigenvalue weighted by molar-refractivity contribution is 5.66. The number of rotatable bonds is 3. The number of fused-ring (bicyclic) bond motifs is 1. The van der Waals surface area contributed by atoms with Crippen LogP contribution in [-0.2, 0) is 9.53 Å². The Morgan fingerprint density at radius 1 is 1.60 bits per heavy atom. The minimum absolute atomic E-state index is 0.00759. The first-order chi connectivity index (χ1) is 9.51. The summed E-state index contributed by atoms with van der Waals surface area (Å²) in [6, 6.07) is 4.12. The van der Waals surface area contributed by atoms with Crippen LogP contribution in [0.1, 0.15) is 12.5 Å². The summed E-state index contributed by atoms with van der Waals surface area (Å²) in [4.78, 5) is 20.9. The minimum atomic E-state index is -0.660. The highest BCUT2D eigenvalue weighted by atomic mass is 16.6. The van der Waals surface area contributed by atoms with Gasteiger partial charge in [-0.2, -0.15) is 5.26 Å². The van der Waals surface area contributed by atoms with Crippen LogP contribution in [-0.4, -0.2) is 30.2 Å². The number of nitrogens with zero attached hydrogens (tertiary/aromatic N) is 2. The van der Waals surface area contributed by atoms with E-state index in [-0.39, 0.29) is 36.0 Å². The van der Waals surface area contributed by atoms with E-state index in [1.54, 1.807) is 6.07 Å². The topological polar surface area (TPSA) is 112 Å². The van der Waals surface area contributed by atoms with Crippen molar-refractivity contribution in [2.45, 2.75) is 13.0 Å². The smallest absolute Gasteiger partial charge is 0.302 e. The van der Waals surface area contributed by atoms with Gasteiger partial charge in [0.25, 0.3) is 5.69 Å². The van der Waals surface area contributed by atoms with Crippen LogP contribution >= 0.6 is 0 Å². The van der Waals surface area contributed by atoms with Crippen molar-refractivity contribution in [2.75, 3.05) is 13.2 Å². The third kappa shape index (κ3) is 2.77. The molecule has 1 aromatic carbocycles. The van der Waals surface area contributed by atoms with Gasteiger partial charge in [-0.3, -0.25) is 14.9 Å². The molecule has 104 valence electrons. The molecule has 1 aliphatic rings. The van der Waals surface area contributed by atoms with E-state index < -0.39 is 17.0 Å². The molecule has 20 heavy (non-hydrogen) atoms. The number of nitriles is 1. The summed E-state index contributed by atoms with van der Waals surface area (Å²) in [5, 5.41) is 19.7. The van der Waals surface area contributed by atoms with Gasteiger partial charge >= 0.3 is 5.97 Å². The number of benzene rings is 1. The Balaban J connectivity index is 2.22. The minimum Gasteiger partial charge on any atom is -0.485 e. The Labute approximate surface area is 113 Å². The number of nitro benzene ring substituents is 1. The lowest BCUT2D eigenvalue weighted by atomic mass is 10.1. The number of carbonyl (C=O) groups excluding carboxylic acids is 1. The van der Waals surface area contributed by atoms with Crippen LogP contribution in [0.25, 0.3) is 0 Å².